The number of nitrogens with one attached hydrogen (secondary N) is 1. The third-order valence-corrected chi connectivity index (χ3v) is 5.96. The molecule has 0 radical (unpaired) electrons. The maximum atomic E-state index is 12.4. The molecule has 182 valence electrons. The smallest absolute Gasteiger partial charge is 0.304 e. The standard InChI is InChI=1S/C27H33NO6/c1-18-9-8-11-20(15-18)10-6-7-14-33-24-22-16-21(28-3)12-13-23(22)27(17-29,34-19(2)30)26(32-5)25(24)31-4/h8-9,11-13,15-17,26,28H,6-7,10,14H2,1-5H3. The lowest BCUT2D eigenvalue weighted by molar-refractivity contribution is -0.178. The molecule has 0 spiro atoms. The number of hydrogen-bond donors (Lipinski definition) is 1. The second-order valence-electron chi connectivity index (χ2n) is 8.32. The zero-order valence-corrected chi connectivity index (χ0v) is 20.5. The van der Waals surface area contributed by atoms with Gasteiger partial charge in [-0.05, 0) is 43.9 Å². The summed E-state index contributed by atoms with van der Waals surface area (Å²) in [7, 11) is 4.73. The normalized spacial score (nSPS) is 19.3. The van der Waals surface area contributed by atoms with Crippen LogP contribution in [0.2, 0.25) is 0 Å². The second kappa shape index (κ2) is 11.2. The van der Waals surface area contributed by atoms with Gasteiger partial charge in [0.05, 0.1) is 13.7 Å². The highest BCUT2D eigenvalue weighted by atomic mass is 16.6. The Kier molecular flexibility index (Phi) is 8.34. The molecule has 0 saturated heterocycles. The Morgan fingerprint density at radius 1 is 1.15 bits per heavy atom. The van der Waals surface area contributed by atoms with Crippen molar-refractivity contribution in [3.05, 3.63) is 70.5 Å². The largest absolute Gasteiger partial charge is 0.494 e. The Bertz CT molecular complexity index is 1060. The molecule has 34 heavy (non-hydrogen) atoms. The predicted molar refractivity (Wildman–Crippen MR) is 130 cm³/mol. The fourth-order valence-corrected chi connectivity index (χ4v) is 4.42. The molecule has 0 aliphatic heterocycles. The van der Waals surface area contributed by atoms with Crippen LogP contribution < -0.4 is 5.32 Å². The van der Waals surface area contributed by atoms with Gasteiger partial charge in [0.25, 0.3) is 0 Å². The molecule has 0 bridgehead atoms. The van der Waals surface area contributed by atoms with Crippen molar-refractivity contribution < 1.29 is 28.5 Å². The summed E-state index contributed by atoms with van der Waals surface area (Å²) in [5, 5.41) is 3.09. The molecular weight excluding hydrogens is 434 g/mol. The van der Waals surface area contributed by atoms with Gasteiger partial charge in [0, 0.05) is 37.9 Å². The summed E-state index contributed by atoms with van der Waals surface area (Å²) in [5.41, 5.74) is 2.78. The van der Waals surface area contributed by atoms with Gasteiger partial charge in [-0.25, -0.2) is 0 Å². The first-order valence-corrected chi connectivity index (χ1v) is 11.4. The maximum absolute atomic E-state index is 12.4. The number of rotatable bonds is 11. The molecule has 1 N–H and O–H groups in total. The van der Waals surface area contributed by atoms with Crippen LogP contribution in [-0.2, 0) is 40.6 Å². The van der Waals surface area contributed by atoms with Gasteiger partial charge in [0.15, 0.2) is 23.9 Å². The van der Waals surface area contributed by atoms with Gasteiger partial charge in [-0.2, -0.15) is 0 Å². The topological polar surface area (TPSA) is 83.1 Å². The van der Waals surface area contributed by atoms with E-state index in [9.17, 15) is 9.59 Å². The summed E-state index contributed by atoms with van der Waals surface area (Å²) < 4.78 is 23.2. The maximum Gasteiger partial charge on any atom is 0.304 e. The summed E-state index contributed by atoms with van der Waals surface area (Å²) in [6.07, 6.45) is 2.35. The van der Waals surface area contributed by atoms with Crippen LogP contribution in [0.5, 0.6) is 0 Å². The summed E-state index contributed by atoms with van der Waals surface area (Å²) in [6.45, 7) is 3.80. The van der Waals surface area contributed by atoms with E-state index in [1.165, 1.54) is 32.3 Å². The minimum Gasteiger partial charge on any atom is -0.494 e. The van der Waals surface area contributed by atoms with Gasteiger partial charge in [-0.15, -0.1) is 0 Å². The van der Waals surface area contributed by atoms with E-state index >= 15 is 0 Å². The molecule has 2 unspecified atom stereocenters. The molecule has 3 rings (SSSR count). The van der Waals surface area contributed by atoms with Crippen LogP contribution in [0.1, 0.15) is 42.0 Å². The molecule has 0 saturated carbocycles. The molecule has 1 aliphatic rings. The number of methoxy groups -OCH3 is 2. The molecule has 7 nitrogen and oxygen atoms in total. The van der Waals surface area contributed by atoms with Crippen molar-refractivity contribution in [3.63, 3.8) is 0 Å². The summed E-state index contributed by atoms with van der Waals surface area (Å²) in [5.74, 6) is 0.172. The first-order valence-electron chi connectivity index (χ1n) is 11.4. The number of benzene rings is 2. The third-order valence-electron chi connectivity index (χ3n) is 5.96. The predicted octanol–water partition coefficient (Wildman–Crippen LogP) is 4.38. The van der Waals surface area contributed by atoms with E-state index in [0.29, 0.717) is 35.5 Å². The molecular formula is C27H33NO6. The monoisotopic (exact) mass is 467 g/mol. The van der Waals surface area contributed by atoms with Crippen molar-refractivity contribution in [1.29, 1.82) is 0 Å². The number of ether oxygens (including phenoxy) is 4. The van der Waals surface area contributed by atoms with Crippen LogP contribution in [-0.4, -0.2) is 46.2 Å². The van der Waals surface area contributed by atoms with E-state index in [4.69, 9.17) is 18.9 Å². The number of carbonyl (C=O) groups excluding carboxylic acids is 2. The Hall–Kier alpha value is -3.32. The fourth-order valence-electron chi connectivity index (χ4n) is 4.42. The lowest BCUT2D eigenvalue weighted by atomic mass is 9.79. The molecule has 2 aromatic carbocycles. The van der Waals surface area contributed by atoms with Crippen molar-refractivity contribution >= 4 is 23.7 Å². The van der Waals surface area contributed by atoms with Gasteiger partial charge in [0.2, 0.25) is 5.60 Å². The molecule has 1 aliphatic carbocycles. The molecule has 2 atom stereocenters. The van der Waals surface area contributed by atoms with Crippen LogP contribution >= 0.6 is 0 Å². The van der Waals surface area contributed by atoms with Gasteiger partial charge >= 0.3 is 5.97 Å². The van der Waals surface area contributed by atoms with Crippen molar-refractivity contribution in [2.75, 3.05) is 33.2 Å². The van der Waals surface area contributed by atoms with E-state index in [1.54, 1.807) is 13.1 Å². The quantitative estimate of drug-likeness (QED) is 0.298. The van der Waals surface area contributed by atoms with Crippen LogP contribution in [0.25, 0.3) is 5.76 Å². The van der Waals surface area contributed by atoms with Gasteiger partial charge in [0.1, 0.15) is 0 Å². The third kappa shape index (κ3) is 5.09. The second-order valence-corrected chi connectivity index (χ2v) is 8.32. The van der Waals surface area contributed by atoms with Crippen LogP contribution in [0.3, 0.4) is 0 Å². The Morgan fingerprint density at radius 3 is 2.56 bits per heavy atom. The Balaban J connectivity index is 1.91. The number of carbonyl (C=O) groups is 2. The number of aryl methyl sites for hydroxylation is 2. The number of anilines is 1. The first kappa shape index (κ1) is 25.3. The number of aldehydes is 1. The summed E-state index contributed by atoms with van der Waals surface area (Å²) in [6, 6.07) is 13.9. The number of unbranched alkanes of at least 4 members (excludes halogenated alkanes) is 1. The van der Waals surface area contributed by atoms with Crippen molar-refractivity contribution in [2.45, 2.75) is 44.8 Å². The van der Waals surface area contributed by atoms with Crippen LogP contribution in [0, 0.1) is 6.92 Å². The summed E-state index contributed by atoms with van der Waals surface area (Å²) in [4.78, 5) is 24.4. The van der Waals surface area contributed by atoms with E-state index < -0.39 is 17.7 Å². The number of fused-ring (bicyclic) bond motifs is 1. The van der Waals surface area contributed by atoms with Gasteiger partial charge in [-0.1, -0.05) is 35.9 Å². The molecule has 2 aromatic rings. The van der Waals surface area contributed by atoms with Crippen molar-refractivity contribution in [1.82, 2.24) is 0 Å². The van der Waals surface area contributed by atoms with E-state index in [0.717, 1.165) is 24.9 Å². The number of esters is 1. The highest BCUT2D eigenvalue weighted by Crippen LogP contribution is 2.46. The van der Waals surface area contributed by atoms with E-state index in [-0.39, 0.29) is 0 Å². The van der Waals surface area contributed by atoms with Crippen molar-refractivity contribution in [3.8, 4) is 0 Å². The summed E-state index contributed by atoms with van der Waals surface area (Å²) >= 11 is 0. The van der Waals surface area contributed by atoms with Crippen LogP contribution in [0.15, 0.2) is 48.2 Å². The van der Waals surface area contributed by atoms with Gasteiger partial charge < -0.3 is 24.3 Å². The molecule has 0 heterocycles. The molecule has 0 aromatic heterocycles. The molecule has 0 amide bonds. The highest BCUT2D eigenvalue weighted by molar-refractivity contribution is 5.84. The lowest BCUT2D eigenvalue weighted by Crippen LogP contribution is -2.50. The fraction of sp³-hybridized carbons (Fsp3) is 0.407. The zero-order valence-electron chi connectivity index (χ0n) is 20.5. The van der Waals surface area contributed by atoms with Crippen molar-refractivity contribution in [2.24, 2.45) is 0 Å². The molecule has 7 heteroatoms. The average Bonchev–Trinajstić information content (AvgIpc) is 2.83. The molecule has 0 fully saturated rings. The highest BCUT2D eigenvalue weighted by Gasteiger charge is 2.53. The van der Waals surface area contributed by atoms with Gasteiger partial charge in [-0.3, -0.25) is 9.59 Å². The van der Waals surface area contributed by atoms with Crippen LogP contribution in [0.4, 0.5) is 5.69 Å². The van der Waals surface area contributed by atoms with E-state index in [1.807, 2.05) is 12.1 Å². The number of hydrogen-bond acceptors (Lipinski definition) is 7. The average molecular weight is 468 g/mol. The van der Waals surface area contributed by atoms with E-state index in [2.05, 4.69) is 36.5 Å². The Labute approximate surface area is 201 Å². The minimum atomic E-state index is -1.69. The Morgan fingerprint density at radius 2 is 1.94 bits per heavy atom. The SMILES string of the molecule is CNc1ccc2c(c1)C(OCCCCc1cccc(C)c1)=C(OC)C(OC)C2(C=O)OC(C)=O. The minimum absolute atomic E-state index is 0.301. The lowest BCUT2D eigenvalue weighted by Gasteiger charge is -2.40. The zero-order chi connectivity index (χ0) is 24.7. The first-order chi connectivity index (χ1) is 16.4.